The third-order valence-corrected chi connectivity index (χ3v) is 3.09. The predicted octanol–water partition coefficient (Wildman–Crippen LogP) is 2.57. The molecule has 0 fully saturated rings. The van der Waals surface area contributed by atoms with E-state index in [1.807, 2.05) is 0 Å². The van der Waals surface area contributed by atoms with Gasteiger partial charge < -0.3 is 5.32 Å². The average molecular weight is 310 g/mol. The number of hydrogen-bond donors (Lipinski definition) is 1. The fourth-order valence-corrected chi connectivity index (χ4v) is 2.02. The van der Waals surface area contributed by atoms with Gasteiger partial charge in [-0.1, -0.05) is 30.7 Å². The summed E-state index contributed by atoms with van der Waals surface area (Å²) in [5.41, 5.74) is 1.30. The van der Waals surface area contributed by atoms with Crippen molar-refractivity contribution in [2.75, 3.05) is 6.54 Å². The zero-order valence-corrected chi connectivity index (χ0v) is 12.5. The Morgan fingerprint density at radius 2 is 2.24 bits per heavy atom. The minimum atomic E-state index is -0.519. The van der Waals surface area contributed by atoms with Crippen LogP contribution in [0.5, 0.6) is 0 Å². The molecule has 0 unspecified atom stereocenters. The van der Waals surface area contributed by atoms with Gasteiger partial charge in [0.05, 0.1) is 22.5 Å². The predicted molar refractivity (Wildman–Crippen MR) is 79.6 cm³/mol. The summed E-state index contributed by atoms with van der Waals surface area (Å²) in [6.45, 7) is 5.78. The molecule has 0 saturated carbocycles. The van der Waals surface area contributed by atoms with Gasteiger partial charge >= 0.3 is 0 Å². The Labute approximate surface area is 127 Å². The molecule has 0 aliphatic carbocycles. The Morgan fingerprint density at radius 1 is 1.48 bits per heavy atom. The minimum Gasteiger partial charge on any atom is -0.311 e. The number of benzene rings is 1. The lowest BCUT2D eigenvalue weighted by Crippen LogP contribution is -2.19. The van der Waals surface area contributed by atoms with E-state index >= 15 is 0 Å². The van der Waals surface area contributed by atoms with Crippen molar-refractivity contribution in [1.29, 1.82) is 0 Å². The normalized spacial score (nSPS) is 11.0. The van der Waals surface area contributed by atoms with Crippen LogP contribution in [0.25, 0.3) is 5.69 Å². The van der Waals surface area contributed by atoms with Gasteiger partial charge in [0.25, 0.3) is 5.69 Å². The number of hydrogen-bond acceptors (Lipinski definition) is 5. The van der Waals surface area contributed by atoms with Crippen LogP contribution in [0.1, 0.15) is 19.5 Å². The summed E-state index contributed by atoms with van der Waals surface area (Å²) >= 11 is 5.88. The van der Waals surface area contributed by atoms with Crippen molar-refractivity contribution >= 4 is 17.3 Å². The highest BCUT2D eigenvalue weighted by atomic mass is 35.5. The third kappa shape index (κ3) is 3.99. The summed E-state index contributed by atoms with van der Waals surface area (Å²) in [4.78, 5) is 10.2. The first-order valence-corrected chi connectivity index (χ1v) is 6.91. The molecule has 0 radical (unpaired) electrons. The molecule has 21 heavy (non-hydrogen) atoms. The number of halogens is 1. The van der Waals surface area contributed by atoms with Crippen molar-refractivity contribution in [3.8, 4) is 5.69 Å². The maximum absolute atomic E-state index is 10.7. The van der Waals surface area contributed by atoms with Crippen LogP contribution < -0.4 is 5.32 Å². The van der Waals surface area contributed by atoms with Crippen LogP contribution in [0.2, 0.25) is 5.02 Å². The van der Waals surface area contributed by atoms with Crippen LogP contribution in [0.4, 0.5) is 5.69 Å². The van der Waals surface area contributed by atoms with Crippen molar-refractivity contribution in [2.45, 2.75) is 20.4 Å². The highest BCUT2D eigenvalue weighted by Gasteiger charge is 2.13. The van der Waals surface area contributed by atoms with Crippen LogP contribution in [-0.4, -0.2) is 26.5 Å². The molecule has 1 N–H and O–H groups in total. The van der Waals surface area contributed by atoms with Gasteiger partial charge in [0, 0.05) is 12.6 Å². The fraction of sp³-hybridized carbons (Fsp3) is 0.385. The van der Waals surface area contributed by atoms with Gasteiger partial charge in [0.2, 0.25) is 0 Å². The SMILES string of the molecule is CC(C)CNCc1cn(-c2ccc([N+](=O)[O-])c(Cl)c2)nn1. The Hall–Kier alpha value is -1.99. The molecule has 0 atom stereocenters. The summed E-state index contributed by atoms with van der Waals surface area (Å²) in [5.74, 6) is 0.563. The Bertz CT molecular complexity index is 641. The van der Waals surface area contributed by atoms with Crippen molar-refractivity contribution in [3.63, 3.8) is 0 Å². The maximum Gasteiger partial charge on any atom is 0.288 e. The van der Waals surface area contributed by atoms with E-state index in [-0.39, 0.29) is 10.7 Å². The summed E-state index contributed by atoms with van der Waals surface area (Å²) in [5, 5.41) is 22.1. The molecule has 0 saturated heterocycles. The van der Waals surface area contributed by atoms with Gasteiger partial charge in [0.1, 0.15) is 5.02 Å². The molecule has 2 rings (SSSR count). The first-order chi connectivity index (χ1) is 9.97. The van der Waals surface area contributed by atoms with Crippen LogP contribution in [0.15, 0.2) is 24.4 Å². The number of nitro groups is 1. The second-order valence-electron chi connectivity index (χ2n) is 5.07. The average Bonchev–Trinajstić information content (AvgIpc) is 2.86. The number of nitrogens with one attached hydrogen (secondary N) is 1. The monoisotopic (exact) mass is 309 g/mol. The van der Waals surface area contributed by atoms with E-state index < -0.39 is 4.92 Å². The third-order valence-electron chi connectivity index (χ3n) is 2.79. The molecule has 0 amide bonds. The lowest BCUT2D eigenvalue weighted by atomic mass is 10.2. The summed E-state index contributed by atoms with van der Waals surface area (Å²) < 4.78 is 1.54. The second-order valence-corrected chi connectivity index (χ2v) is 5.48. The topological polar surface area (TPSA) is 85.9 Å². The van der Waals surface area contributed by atoms with Crippen molar-refractivity contribution in [2.24, 2.45) is 5.92 Å². The van der Waals surface area contributed by atoms with Gasteiger partial charge in [-0.2, -0.15) is 0 Å². The van der Waals surface area contributed by atoms with Gasteiger partial charge in [0.15, 0.2) is 0 Å². The van der Waals surface area contributed by atoms with Crippen LogP contribution in [-0.2, 0) is 6.54 Å². The zero-order valence-electron chi connectivity index (χ0n) is 11.8. The molecule has 0 aliphatic rings. The van der Waals surface area contributed by atoms with Crippen LogP contribution in [0.3, 0.4) is 0 Å². The first kappa shape index (κ1) is 15.4. The van der Waals surface area contributed by atoms with Crippen molar-refractivity contribution in [1.82, 2.24) is 20.3 Å². The molecular formula is C13H16ClN5O2. The van der Waals surface area contributed by atoms with E-state index in [4.69, 9.17) is 11.6 Å². The molecule has 0 aliphatic heterocycles. The summed E-state index contributed by atoms with van der Waals surface area (Å²) in [7, 11) is 0. The lowest BCUT2D eigenvalue weighted by Gasteiger charge is -2.04. The quantitative estimate of drug-likeness (QED) is 0.654. The molecule has 7 nitrogen and oxygen atoms in total. The molecule has 1 aromatic carbocycles. The van der Waals surface area contributed by atoms with Gasteiger partial charge in [-0.05, 0) is 24.6 Å². The number of nitrogens with zero attached hydrogens (tertiary/aromatic N) is 4. The smallest absolute Gasteiger partial charge is 0.288 e. The lowest BCUT2D eigenvalue weighted by molar-refractivity contribution is -0.384. The first-order valence-electron chi connectivity index (χ1n) is 6.53. The van der Waals surface area contributed by atoms with E-state index in [0.717, 1.165) is 12.2 Å². The molecule has 0 spiro atoms. The van der Waals surface area contributed by atoms with E-state index in [9.17, 15) is 10.1 Å². The van der Waals surface area contributed by atoms with Crippen LogP contribution in [0, 0.1) is 16.0 Å². The molecular weight excluding hydrogens is 294 g/mol. The molecule has 1 aromatic heterocycles. The van der Waals surface area contributed by atoms with Crippen molar-refractivity contribution < 1.29 is 4.92 Å². The van der Waals surface area contributed by atoms with Gasteiger partial charge in [-0.25, -0.2) is 4.68 Å². The van der Waals surface area contributed by atoms with Gasteiger partial charge in [-0.3, -0.25) is 10.1 Å². The largest absolute Gasteiger partial charge is 0.311 e. The van der Waals surface area contributed by atoms with E-state index in [1.54, 1.807) is 16.9 Å². The summed E-state index contributed by atoms with van der Waals surface area (Å²) in [6.07, 6.45) is 1.77. The fourth-order valence-electron chi connectivity index (χ4n) is 1.78. The van der Waals surface area contributed by atoms with E-state index in [2.05, 4.69) is 29.5 Å². The Kier molecular flexibility index (Phi) is 4.87. The highest BCUT2D eigenvalue weighted by molar-refractivity contribution is 6.32. The zero-order chi connectivity index (χ0) is 15.4. The maximum atomic E-state index is 10.7. The molecule has 8 heteroatoms. The minimum absolute atomic E-state index is 0.0764. The number of rotatable bonds is 6. The molecule has 112 valence electrons. The summed E-state index contributed by atoms with van der Waals surface area (Å²) in [6, 6.07) is 4.44. The molecule has 2 aromatic rings. The van der Waals surface area contributed by atoms with Crippen LogP contribution >= 0.6 is 11.6 Å². The second kappa shape index (κ2) is 6.64. The molecule has 1 heterocycles. The molecule has 0 bridgehead atoms. The van der Waals surface area contributed by atoms with E-state index in [1.165, 1.54) is 12.1 Å². The number of aromatic nitrogens is 3. The Morgan fingerprint density at radius 3 is 2.86 bits per heavy atom. The standard InChI is InChI=1S/C13H16ClN5O2/c1-9(2)6-15-7-10-8-18(17-16-10)11-3-4-13(19(20)21)12(14)5-11/h3-5,8-9,15H,6-7H2,1-2H3. The van der Waals surface area contributed by atoms with E-state index in [0.29, 0.717) is 18.2 Å². The van der Waals surface area contributed by atoms with Crippen molar-refractivity contribution in [3.05, 3.63) is 45.2 Å². The number of nitro benzene ring substituents is 1. The van der Waals surface area contributed by atoms with Gasteiger partial charge in [-0.15, -0.1) is 5.10 Å². The highest BCUT2D eigenvalue weighted by Crippen LogP contribution is 2.26. The Balaban J connectivity index is 2.10.